The zero-order valence-corrected chi connectivity index (χ0v) is 12.4. The minimum atomic E-state index is -0.000800. The highest BCUT2D eigenvalue weighted by atomic mass is 16.1. The van der Waals surface area contributed by atoms with Gasteiger partial charge in [0.25, 0.3) is 0 Å². The van der Waals surface area contributed by atoms with Crippen molar-refractivity contribution >= 4 is 16.8 Å². The number of nitrogens with zero attached hydrogens (tertiary/aromatic N) is 2. The van der Waals surface area contributed by atoms with Crippen LogP contribution in [0.5, 0.6) is 0 Å². The standard InChI is InChI=1S/C18H17N3O/c1-21-11-14-7-4-6-13(17(14)20-21)10-19-18(22)16-9-12-5-2-3-8-15(12)16/h2-8,11,16H,9-10H2,1H3,(H,19,22). The predicted molar refractivity (Wildman–Crippen MR) is 85.4 cm³/mol. The van der Waals surface area contributed by atoms with Crippen LogP contribution in [-0.4, -0.2) is 15.7 Å². The van der Waals surface area contributed by atoms with Crippen LogP contribution < -0.4 is 5.32 Å². The number of fused-ring (bicyclic) bond motifs is 2. The lowest BCUT2D eigenvalue weighted by Crippen LogP contribution is -2.35. The van der Waals surface area contributed by atoms with E-state index in [1.165, 1.54) is 5.56 Å². The first kappa shape index (κ1) is 13.1. The van der Waals surface area contributed by atoms with Crippen molar-refractivity contribution in [1.29, 1.82) is 0 Å². The maximum atomic E-state index is 12.4. The molecule has 0 saturated heterocycles. The molecule has 0 aliphatic heterocycles. The van der Waals surface area contributed by atoms with Gasteiger partial charge >= 0.3 is 0 Å². The molecule has 4 rings (SSSR count). The molecule has 0 saturated carbocycles. The first-order chi connectivity index (χ1) is 10.7. The third kappa shape index (κ3) is 2.08. The Morgan fingerprint density at radius 2 is 2.14 bits per heavy atom. The van der Waals surface area contributed by atoms with E-state index in [1.54, 1.807) is 4.68 Å². The zero-order chi connectivity index (χ0) is 15.1. The highest BCUT2D eigenvalue weighted by Crippen LogP contribution is 2.34. The molecule has 1 aliphatic carbocycles. The fourth-order valence-electron chi connectivity index (χ4n) is 3.17. The molecule has 1 aliphatic rings. The second-order valence-corrected chi connectivity index (χ2v) is 5.83. The predicted octanol–water partition coefficient (Wildman–Crippen LogP) is 2.53. The summed E-state index contributed by atoms with van der Waals surface area (Å²) in [6.07, 6.45) is 2.83. The summed E-state index contributed by atoms with van der Waals surface area (Å²) >= 11 is 0. The van der Waals surface area contributed by atoms with Crippen molar-refractivity contribution in [2.45, 2.75) is 18.9 Å². The number of hydrogen-bond donors (Lipinski definition) is 1. The Labute approximate surface area is 128 Å². The minimum absolute atomic E-state index is 0.000800. The Kier molecular flexibility index (Phi) is 2.96. The minimum Gasteiger partial charge on any atom is -0.351 e. The van der Waals surface area contributed by atoms with Crippen molar-refractivity contribution in [2.24, 2.45) is 7.05 Å². The molecule has 4 heteroatoms. The summed E-state index contributed by atoms with van der Waals surface area (Å²) < 4.78 is 1.80. The molecule has 4 nitrogen and oxygen atoms in total. The molecular formula is C18H17N3O. The first-order valence-corrected chi connectivity index (χ1v) is 7.49. The molecule has 2 aromatic carbocycles. The van der Waals surface area contributed by atoms with Crippen LogP contribution in [0.25, 0.3) is 10.9 Å². The van der Waals surface area contributed by atoms with E-state index in [9.17, 15) is 4.79 Å². The first-order valence-electron chi connectivity index (χ1n) is 7.49. The Hall–Kier alpha value is -2.62. The van der Waals surface area contributed by atoms with E-state index in [-0.39, 0.29) is 11.8 Å². The van der Waals surface area contributed by atoms with Gasteiger partial charge in [-0.2, -0.15) is 5.10 Å². The van der Waals surface area contributed by atoms with Crippen molar-refractivity contribution < 1.29 is 4.79 Å². The third-order valence-electron chi connectivity index (χ3n) is 4.36. The number of aryl methyl sites for hydroxylation is 1. The van der Waals surface area contributed by atoms with E-state index in [4.69, 9.17) is 0 Å². The van der Waals surface area contributed by atoms with Crippen LogP contribution in [0.3, 0.4) is 0 Å². The van der Waals surface area contributed by atoms with Crippen molar-refractivity contribution in [1.82, 2.24) is 15.1 Å². The van der Waals surface area contributed by atoms with Gasteiger partial charge in [0.15, 0.2) is 0 Å². The highest BCUT2D eigenvalue weighted by molar-refractivity contribution is 5.87. The van der Waals surface area contributed by atoms with Gasteiger partial charge in [-0.15, -0.1) is 0 Å². The maximum Gasteiger partial charge on any atom is 0.228 e. The second kappa shape index (κ2) is 4.98. The number of benzene rings is 2. The van der Waals surface area contributed by atoms with Gasteiger partial charge in [0, 0.05) is 25.2 Å². The number of hydrogen-bond acceptors (Lipinski definition) is 2. The van der Waals surface area contributed by atoms with Crippen LogP contribution in [0.1, 0.15) is 22.6 Å². The SMILES string of the molecule is Cn1cc2cccc(CNC(=O)C3Cc4ccccc43)c2n1. The summed E-state index contributed by atoms with van der Waals surface area (Å²) in [5.74, 6) is 0.103. The Bertz CT molecular complexity index is 866. The Morgan fingerprint density at radius 3 is 3.00 bits per heavy atom. The summed E-state index contributed by atoms with van der Waals surface area (Å²) in [4.78, 5) is 12.4. The molecule has 1 atom stereocenters. The second-order valence-electron chi connectivity index (χ2n) is 5.83. The lowest BCUT2D eigenvalue weighted by Gasteiger charge is -2.28. The van der Waals surface area contributed by atoms with Crippen LogP contribution >= 0.6 is 0 Å². The van der Waals surface area contributed by atoms with E-state index in [0.717, 1.165) is 28.5 Å². The van der Waals surface area contributed by atoms with Crippen molar-refractivity contribution in [3.8, 4) is 0 Å². The summed E-state index contributed by atoms with van der Waals surface area (Å²) in [5.41, 5.74) is 4.46. The Balaban J connectivity index is 1.50. The molecule has 110 valence electrons. The lowest BCUT2D eigenvalue weighted by molar-refractivity contribution is -0.123. The van der Waals surface area contributed by atoms with Crippen LogP contribution in [-0.2, 0) is 24.8 Å². The molecular weight excluding hydrogens is 274 g/mol. The van der Waals surface area contributed by atoms with Gasteiger partial charge in [-0.05, 0) is 23.1 Å². The summed E-state index contributed by atoms with van der Waals surface area (Å²) in [6.45, 7) is 0.520. The summed E-state index contributed by atoms with van der Waals surface area (Å²) in [6, 6.07) is 14.2. The molecule has 0 spiro atoms. The van der Waals surface area contributed by atoms with Crippen LogP contribution in [0.2, 0.25) is 0 Å². The van der Waals surface area contributed by atoms with Gasteiger partial charge in [-0.1, -0.05) is 42.5 Å². The smallest absolute Gasteiger partial charge is 0.228 e. The summed E-state index contributed by atoms with van der Waals surface area (Å²) in [5, 5.41) is 8.63. The van der Waals surface area contributed by atoms with Gasteiger partial charge in [-0.25, -0.2) is 0 Å². The quantitative estimate of drug-likeness (QED) is 0.806. The van der Waals surface area contributed by atoms with Gasteiger partial charge in [0.05, 0.1) is 11.4 Å². The van der Waals surface area contributed by atoms with Crippen molar-refractivity contribution in [3.63, 3.8) is 0 Å². The molecule has 1 N–H and O–H groups in total. The molecule has 1 unspecified atom stereocenters. The lowest BCUT2D eigenvalue weighted by atomic mass is 9.77. The van der Waals surface area contributed by atoms with Gasteiger partial charge in [-0.3, -0.25) is 9.48 Å². The summed E-state index contributed by atoms with van der Waals surface area (Å²) in [7, 11) is 1.91. The normalized spacial score (nSPS) is 16.1. The Morgan fingerprint density at radius 1 is 1.27 bits per heavy atom. The third-order valence-corrected chi connectivity index (χ3v) is 4.36. The van der Waals surface area contributed by atoms with Crippen LogP contribution in [0.15, 0.2) is 48.7 Å². The highest BCUT2D eigenvalue weighted by Gasteiger charge is 2.31. The molecule has 1 heterocycles. The molecule has 22 heavy (non-hydrogen) atoms. The molecule has 0 fully saturated rings. The van der Waals surface area contributed by atoms with E-state index in [1.807, 2.05) is 49.6 Å². The van der Waals surface area contributed by atoms with Crippen molar-refractivity contribution in [2.75, 3.05) is 0 Å². The fourth-order valence-corrected chi connectivity index (χ4v) is 3.17. The average Bonchev–Trinajstić information content (AvgIpc) is 2.87. The number of carbonyl (C=O) groups is 1. The van der Waals surface area contributed by atoms with E-state index >= 15 is 0 Å². The number of amides is 1. The van der Waals surface area contributed by atoms with Gasteiger partial charge in [0.1, 0.15) is 0 Å². The van der Waals surface area contributed by atoms with E-state index < -0.39 is 0 Å². The maximum absolute atomic E-state index is 12.4. The number of aromatic nitrogens is 2. The van der Waals surface area contributed by atoms with Crippen LogP contribution in [0.4, 0.5) is 0 Å². The zero-order valence-electron chi connectivity index (χ0n) is 12.4. The molecule has 1 aromatic heterocycles. The molecule has 0 radical (unpaired) electrons. The van der Waals surface area contributed by atoms with Gasteiger partial charge < -0.3 is 5.32 Å². The van der Waals surface area contributed by atoms with Crippen LogP contribution in [0, 0.1) is 0 Å². The van der Waals surface area contributed by atoms with E-state index in [0.29, 0.717) is 6.54 Å². The molecule has 1 amide bonds. The van der Waals surface area contributed by atoms with Gasteiger partial charge in [0.2, 0.25) is 5.91 Å². The monoisotopic (exact) mass is 291 g/mol. The largest absolute Gasteiger partial charge is 0.351 e. The molecule has 0 bridgehead atoms. The average molecular weight is 291 g/mol. The topological polar surface area (TPSA) is 46.9 Å². The van der Waals surface area contributed by atoms with E-state index in [2.05, 4.69) is 16.5 Å². The number of nitrogens with one attached hydrogen (secondary N) is 1. The number of carbonyl (C=O) groups excluding carboxylic acids is 1. The fraction of sp³-hybridized carbons (Fsp3) is 0.222. The number of rotatable bonds is 3. The van der Waals surface area contributed by atoms with Crippen molar-refractivity contribution in [3.05, 3.63) is 65.4 Å². The molecule has 3 aromatic rings.